The van der Waals surface area contributed by atoms with Crippen molar-refractivity contribution in [2.24, 2.45) is 0 Å². The van der Waals surface area contributed by atoms with Gasteiger partial charge in [0.2, 0.25) is 0 Å². The molecule has 0 spiro atoms. The second-order valence-corrected chi connectivity index (χ2v) is 2.96. The van der Waals surface area contributed by atoms with E-state index in [0.29, 0.717) is 11.6 Å². The highest BCUT2D eigenvalue weighted by atomic mass is 14.9. The Morgan fingerprint density at radius 1 is 1.14 bits per heavy atom. The number of anilines is 1. The van der Waals surface area contributed by atoms with Gasteiger partial charge in [0.25, 0.3) is 0 Å². The van der Waals surface area contributed by atoms with Gasteiger partial charge in [0.1, 0.15) is 11.6 Å². The topological polar surface area (TPSA) is 64.7 Å². The predicted octanol–water partition coefficient (Wildman–Crippen LogP) is 1.43. The van der Waals surface area contributed by atoms with E-state index in [1.807, 2.05) is 19.1 Å². The van der Waals surface area contributed by atoms with Crippen LogP contribution in [0.3, 0.4) is 0 Å². The quantitative estimate of drug-likeness (QED) is 0.731. The van der Waals surface area contributed by atoms with Crippen LogP contribution in [0.4, 0.5) is 5.82 Å². The van der Waals surface area contributed by atoms with Gasteiger partial charge in [-0.2, -0.15) is 0 Å². The van der Waals surface area contributed by atoms with Crippen LogP contribution < -0.4 is 5.73 Å². The molecule has 0 bridgehead atoms. The number of hydrogen-bond acceptors (Lipinski definition) is 4. The van der Waals surface area contributed by atoms with Crippen molar-refractivity contribution in [2.45, 2.75) is 6.92 Å². The fourth-order valence-corrected chi connectivity index (χ4v) is 1.26. The van der Waals surface area contributed by atoms with Gasteiger partial charge in [0, 0.05) is 24.0 Å². The maximum atomic E-state index is 5.63. The lowest BCUT2D eigenvalue weighted by Crippen LogP contribution is -1.97. The molecule has 0 saturated carbocycles. The molecule has 0 amide bonds. The molecular weight excluding hydrogens is 176 g/mol. The lowest BCUT2D eigenvalue weighted by atomic mass is 10.2. The van der Waals surface area contributed by atoms with E-state index in [0.717, 1.165) is 11.3 Å². The number of pyridine rings is 1. The van der Waals surface area contributed by atoms with Crippen LogP contribution in [0.25, 0.3) is 11.3 Å². The maximum absolute atomic E-state index is 5.63. The molecule has 0 atom stereocenters. The fourth-order valence-electron chi connectivity index (χ4n) is 1.26. The zero-order valence-electron chi connectivity index (χ0n) is 7.81. The monoisotopic (exact) mass is 186 g/mol. The van der Waals surface area contributed by atoms with E-state index in [1.165, 1.54) is 0 Å². The van der Waals surface area contributed by atoms with Gasteiger partial charge >= 0.3 is 0 Å². The summed E-state index contributed by atoms with van der Waals surface area (Å²) in [7, 11) is 0. The molecule has 2 heterocycles. The first kappa shape index (κ1) is 8.62. The molecular formula is C10H10N4. The second-order valence-electron chi connectivity index (χ2n) is 2.96. The Balaban J connectivity index is 2.52. The van der Waals surface area contributed by atoms with Crippen LogP contribution in [0, 0.1) is 6.92 Å². The molecule has 0 aliphatic rings. The Morgan fingerprint density at radius 3 is 2.50 bits per heavy atom. The van der Waals surface area contributed by atoms with Gasteiger partial charge in [0.05, 0.1) is 5.69 Å². The zero-order valence-corrected chi connectivity index (χ0v) is 7.81. The minimum Gasteiger partial charge on any atom is -0.384 e. The third-order valence-corrected chi connectivity index (χ3v) is 1.83. The minimum absolute atomic E-state index is 0.490. The van der Waals surface area contributed by atoms with E-state index in [2.05, 4.69) is 15.0 Å². The van der Waals surface area contributed by atoms with Crippen LogP contribution in [0.15, 0.2) is 30.6 Å². The van der Waals surface area contributed by atoms with Crippen molar-refractivity contribution in [3.05, 3.63) is 36.4 Å². The van der Waals surface area contributed by atoms with E-state index in [1.54, 1.807) is 18.5 Å². The van der Waals surface area contributed by atoms with Gasteiger partial charge in [-0.3, -0.25) is 4.98 Å². The van der Waals surface area contributed by atoms with Gasteiger partial charge in [-0.05, 0) is 19.1 Å². The van der Waals surface area contributed by atoms with E-state index in [4.69, 9.17) is 5.73 Å². The Bertz CT molecular complexity index is 419. The highest BCUT2D eigenvalue weighted by Crippen LogP contribution is 2.16. The molecule has 2 N–H and O–H groups in total. The third kappa shape index (κ3) is 1.69. The number of aromatic nitrogens is 3. The number of nitrogen functional groups attached to an aromatic ring is 1. The number of hydrogen-bond donors (Lipinski definition) is 1. The van der Waals surface area contributed by atoms with Crippen molar-refractivity contribution in [1.82, 2.24) is 15.0 Å². The molecule has 14 heavy (non-hydrogen) atoms. The molecule has 70 valence electrons. The number of rotatable bonds is 1. The molecule has 4 heteroatoms. The van der Waals surface area contributed by atoms with Gasteiger partial charge in [-0.1, -0.05) is 0 Å². The van der Waals surface area contributed by atoms with Crippen molar-refractivity contribution in [3.8, 4) is 11.3 Å². The summed E-state index contributed by atoms with van der Waals surface area (Å²) in [6.45, 7) is 1.82. The normalized spacial score (nSPS) is 10.1. The SMILES string of the molecule is Cc1nc(N)cc(-c2ccncc2)n1. The molecule has 2 aromatic rings. The summed E-state index contributed by atoms with van der Waals surface area (Å²) < 4.78 is 0. The number of nitrogens with two attached hydrogens (primary N) is 1. The molecule has 0 aliphatic carbocycles. The number of nitrogens with zero attached hydrogens (tertiary/aromatic N) is 3. The van der Waals surface area contributed by atoms with E-state index in [-0.39, 0.29) is 0 Å². The van der Waals surface area contributed by atoms with Gasteiger partial charge in [-0.25, -0.2) is 9.97 Å². The van der Waals surface area contributed by atoms with Crippen LogP contribution in [-0.2, 0) is 0 Å². The summed E-state index contributed by atoms with van der Waals surface area (Å²) in [6, 6.07) is 5.53. The predicted molar refractivity (Wildman–Crippen MR) is 54.4 cm³/mol. The zero-order chi connectivity index (χ0) is 9.97. The fraction of sp³-hybridized carbons (Fsp3) is 0.100. The Labute approximate surface area is 81.9 Å². The van der Waals surface area contributed by atoms with Crippen molar-refractivity contribution >= 4 is 5.82 Å². The summed E-state index contributed by atoms with van der Waals surface area (Å²) >= 11 is 0. The lowest BCUT2D eigenvalue weighted by molar-refractivity contribution is 1.07. The minimum atomic E-state index is 0.490. The molecule has 0 aromatic carbocycles. The molecule has 0 aliphatic heterocycles. The first-order valence-electron chi connectivity index (χ1n) is 4.27. The van der Waals surface area contributed by atoms with Crippen LogP contribution in [-0.4, -0.2) is 15.0 Å². The summed E-state index contributed by atoms with van der Waals surface area (Å²) in [5.41, 5.74) is 7.46. The Morgan fingerprint density at radius 2 is 1.86 bits per heavy atom. The average Bonchev–Trinajstić information content (AvgIpc) is 2.18. The molecule has 0 saturated heterocycles. The lowest BCUT2D eigenvalue weighted by Gasteiger charge is -2.02. The van der Waals surface area contributed by atoms with Crippen molar-refractivity contribution in [2.75, 3.05) is 5.73 Å². The average molecular weight is 186 g/mol. The van der Waals surface area contributed by atoms with E-state index in [9.17, 15) is 0 Å². The summed E-state index contributed by atoms with van der Waals surface area (Å²) in [5.74, 6) is 1.17. The summed E-state index contributed by atoms with van der Waals surface area (Å²) in [4.78, 5) is 12.2. The Kier molecular flexibility index (Phi) is 2.10. The second kappa shape index (κ2) is 3.41. The first-order valence-corrected chi connectivity index (χ1v) is 4.27. The molecule has 2 aromatic heterocycles. The highest BCUT2D eigenvalue weighted by Gasteiger charge is 2.01. The molecule has 0 unspecified atom stereocenters. The van der Waals surface area contributed by atoms with Crippen LogP contribution in [0.5, 0.6) is 0 Å². The van der Waals surface area contributed by atoms with Crippen LogP contribution in [0.2, 0.25) is 0 Å². The molecule has 0 fully saturated rings. The van der Waals surface area contributed by atoms with Gasteiger partial charge in [-0.15, -0.1) is 0 Å². The van der Waals surface area contributed by atoms with E-state index < -0.39 is 0 Å². The van der Waals surface area contributed by atoms with Crippen LogP contribution >= 0.6 is 0 Å². The van der Waals surface area contributed by atoms with Crippen molar-refractivity contribution < 1.29 is 0 Å². The molecule has 2 rings (SSSR count). The van der Waals surface area contributed by atoms with Crippen molar-refractivity contribution in [3.63, 3.8) is 0 Å². The summed E-state index contributed by atoms with van der Waals surface area (Å²) in [5, 5.41) is 0. The first-order chi connectivity index (χ1) is 6.75. The van der Waals surface area contributed by atoms with Crippen LogP contribution in [0.1, 0.15) is 5.82 Å². The smallest absolute Gasteiger partial charge is 0.128 e. The Hall–Kier alpha value is -1.97. The standard InChI is InChI=1S/C10H10N4/c1-7-13-9(6-10(11)14-7)8-2-4-12-5-3-8/h2-6H,1H3,(H2,11,13,14). The van der Waals surface area contributed by atoms with Gasteiger partial charge < -0.3 is 5.73 Å². The largest absolute Gasteiger partial charge is 0.384 e. The van der Waals surface area contributed by atoms with E-state index >= 15 is 0 Å². The summed E-state index contributed by atoms with van der Waals surface area (Å²) in [6.07, 6.45) is 3.45. The number of aryl methyl sites for hydroxylation is 1. The maximum Gasteiger partial charge on any atom is 0.128 e. The van der Waals surface area contributed by atoms with Crippen molar-refractivity contribution in [1.29, 1.82) is 0 Å². The highest BCUT2D eigenvalue weighted by molar-refractivity contribution is 5.60. The van der Waals surface area contributed by atoms with Gasteiger partial charge in [0.15, 0.2) is 0 Å². The third-order valence-electron chi connectivity index (χ3n) is 1.83. The molecule has 4 nitrogen and oxygen atoms in total. The molecule has 0 radical (unpaired) electrons.